The minimum atomic E-state index is -0.149. The molecule has 0 saturated carbocycles. The Kier molecular flexibility index (Phi) is 6.37. The number of halogens is 2. The number of aliphatic hydroxyl groups excluding tert-OH is 1. The number of anilines is 1. The molecule has 0 unspecified atom stereocenters. The Bertz CT molecular complexity index is 936. The molecule has 1 heterocycles. The van der Waals surface area contributed by atoms with Crippen LogP contribution in [0.25, 0.3) is 0 Å². The van der Waals surface area contributed by atoms with Crippen molar-refractivity contribution >= 4 is 40.7 Å². The van der Waals surface area contributed by atoms with Crippen molar-refractivity contribution in [2.24, 2.45) is 0 Å². The van der Waals surface area contributed by atoms with Crippen LogP contribution >= 0.6 is 35.0 Å². The molecule has 0 aliphatic rings. The van der Waals surface area contributed by atoms with Crippen LogP contribution < -0.4 is 5.73 Å². The number of benzene rings is 2. The van der Waals surface area contributed by atoms with Gasteiger partial charge in [0.15, 0.2) is 0 Å². The van der Waals surface area contributed by atoms with Gasteiger partial charge in [-0.15, -0.1) is 0 Å². The Balaban J connectivity index is 2.09. The van der Waals surface area contributed by atoms with E-state index in [2.05, 4.69) is 18.8 Å². The monoisotopic (exact) mass is 421 g/mol. The summed E-state index contributed by atoms with van der Waals surface area (Å²) in [5.74, 6) is 0.805. The molecule has 3 rings (SSSR count). The molecule has 0 aliphatic carbocycles. The van der Waals surface area contributed by atoms with Gasteiger partial charge in [0.2, 0.25) is 0 Å². The predicted octanol–water partition coefficient (Wildman–Crippen LogP) is 5.59. The van der Waals surface area contributed by atoms with Gasteiger partial charge in [0.1, 0.15) is 17.5 Å². The van der Waals surface area contributed by atoms with Gasteiger partial charge in [0.25, 0.3) is 0 Å². The number of rotatable bonds is 6. The molecule has 0 spiro atoms. The highest BCUT2D eigenvalue weighted by Gasteiger charge is 2.21. The zero-order chi connectivity index (χ0) is 19.6. The van der Waals surface area contributed by atoms with Crippen LogP contribution in [-0.2, 0) is 13.2 Å². The molecular formula is C20H21Cl2N3OS. The molecule has 142 valence electrons. The van der Waals surface area contributed by atoms with Gasteiger partial charge in [0.05, 0.1) is 12.2 Å². The van der Waals surface area contributed by atoms with E-state index >= 15 is 0 Å². The molecule has 0 atom stereocenters. The highest BCUT2D eigenvalue weighted by molar-refractivity contribution is 7.99. The van der Waals surface area contributed by atoms with Crippen molar-refractivity contribution in [1.29, 1.82) is 0 Å². The number of aliphatic hydroxyl groups is 1. The smallest absolute Gasteiger partial charge is 0.136 e. The van der Waals surface area contributed by atoms with Crippen molar-refractivity contribution < 1.29 is 5.11 Å². The van der Waals surface area contributed by atoms with E-state index in [-0.39, 0.29) is 12.5 Å². The minimum absolute atomic E-state index is 0.149. The Labute approximate surface area is 173 Å². The molecule has 3 N–H and O–H groups in total. The van der Waals surface area contributed by atoms with Crippen molar-refractivity contribution in [3.63, 3.8) is 0 Å². The van der Waals surface area contributed by atoms with E-state index < -0.39 is 0 Å². The summed E-state index contributed by atoms with van der Waals surface area (Å²) in [6.45, 7) is 4.54. The van der Waals surface area contributed by atoms with E-state index in [1.54, 1.807) is 6.07 Å². The van der Waals surface area contributed by atoms with Crippen LogP contribution in [-0.4, -0.2) is 14.7 Å². The average molecular weight is 422 g/mol. The van der Waals surface area contributed by atoms with Crippen LogP contribution in [0.2, 0.25) is 10.0 Å². The van der Waals surface area contributed by atoms with Gasteiger partial charge in [-0.1, -0.05) is 67.0 Å². The third-order valence-electron chi connectivity index (χ3n) is 4.15. The molecule has 0 bridgehead atoms. The lowest BCUT2D eigenvalue weighted by atomic mass is 10.1. The van der Waals surface area contributed by atoms with Crippen molar-refractivity contribution in [2.75, 3.05) is 5.73 Å². The molecule has 1 aromatic heterocycles. The third kappa shape index (κ3) is 4.61. The normalized spacial score (nSPS) is 11.3. The van der Waals surface area contributed by atoms with Gasteiger partial charge in [0, 0.05) is 20.6 Å². The van der Waals surface area contributed by atoms with Gasteiger partial charge in [-0.25, -0.2) is 4.98 Å². The van der Waals surface area contributed by atoms with Crippen LogP contribution in [0.15, 0.2) is 52.4 Å². The molecule has 27 heavy (non-hydrogen) atoms. The number of nitrogens with zero attached hydrogens (tertiary/aromatic N) is 2. The lowest BCUT2D eigenvalue weighted by Crippen LogP contribution is -2.08. The molecule has 0 amide bonds. The van der Waals surface area contributed by atoms with E-state index in [4.69, 9.17) is 28.9 Å². The molecular weight excluding hydrogens is 401 g/mol. The van der Waals surface area contributed by atoms with Crippen LogP contribution in [0.3, 0.4) is 0 Å². The van der Waals surface area contributed by atoms with Gasteiger partial charge in [-0.3, -0.25) is 0 Å². The maximum Gasteiger partial charge on any atom is 0.136 e. The number of nitrogen functional groups attached to an aromatic ring is 1. The quantitative estimate of drug-likeness (QED) is 0.509. The molecule has 3 aromatic rings. The SMILES string of the molecule is CC(C)c1nc(CO)n(Cc2ccccc2N)c1Sc1cc(Cl)cc(Cl)c1. The fourth-order valence-corrected chi connectivity index (χ4v) is 4.73. The molecule has 2 aromatic carbocycles. The van der Waals surface area contributed by atoms with E-state index in [1.165, 1.54) is 11.8 Å². The van der Waals surface area contributed by atoms with E-state index in [0.717, 1.165) is 21.2 Å². The summed E-state index contributed by atoms with van der Waals surface area (Å²) in [5, 5.41) is 12.0. The Morgan fingerprint density at radius 2 is 1.81 bits per heavy atom. The number of aromatic nitrogens is 2. The average Bonchev–Trinajstić information content (AvgIpc) is 2.94. The van der Waals surface area contributed by atoms with Crippen LogP contribution in [0.4, 0.5) is 5.69 Å². The van der Waals surface area contributed by atoms with Gasteiger partial charge in [-0.2, -0.15) is 0 Å². The standard InChI is InChI=1S/C20H21Cl2N3OS/c1-12(2)19-20(27-16-8-14(21)7-15(22)9-16)25(18(11-26)24-19)10-13-5-3-4-6-17(13)23/h3-9,12,26H,10-11,23H2,1-2H3. The molecule has 0 fully saturated rings. The number of nitrogens with two attached hydrogens (primary N) is 1. The first kappa shape index (κ1) is 20.1. The first-order chi connectivity index (χ1) is 12.9. The number of para-hydroxylation sites is 1. The summed E-state index contributed by atoms with van der Waals surface area (Å²) in [5.41, 5.74) is 8.75. The highest BCUT2D eigenvalue weighted by Crippen LogP contribution is 2.37. The molecule has 0 saturated heterocycles. The van der Waals surface area contributed by atoms with Gasteiger partial charge in [-0.05, 0) is 35.7 Å². The Morgan fingerprint density at radius 1 is 1.15 bits per heavy atom. The Morgan fingerprint density at radius 3 is 2.41 bits per heavy atom. The predicted molar refractivity (Wildman–Crippen MR) is 113 cm³/mol. The molecule has 0 radical (unpaired) electrons. The lowest BCUT2D eigenvalue weighted by molar-refractivity contribution is 0.265. The van der Waals surface area contributed by atoms with Crippen LogP contribution in [0, 0.1) is 0 Å². The van der Waals surface area contributed by atoms with Crippen LogP contribution in [0.1, 0.15) is 36.8 Å². The fourth-order valence-electron chi connectivity index (χ4n) is 2.82. The lowest BCUT2D eigenvalue weighted by Gasteiger charge is -2.14. The summed E-state index contributed by atoms with van der Waals surface area (Å²) in [6, 6.07) is 13.2. The van der Waals surface area contributed by atoms with Crippen molar-refractivity contribution in [3.8, 4) is 0 Å². The minimum Gasteiger partial charge on any atom is -0.398 e. The topological polar surface area (TPSA) is 64.1 Å². The van der Waals surface area contributed by atoms with Gasteiger partial charge < -0.3 is 15.4 Å². The van der Waals surface area contributed by atoms with E-state index in [9.17, 15) is 5.11 Å². The maximum absolute atomic E-state index is 9.87. The fraction of sp³-hybridized carbons (Fsp3) is 0.250. The third-order valence-corrected chi connectivity index (χ3v) is 5.68. The number of hydrogen-bond acceptors (Lipinski definition) is 4. The first-order valence-corrected chi connectivity index (χ1v) is 10.1. The summed E-state index contributed by atoms with van der Waals surface area (Å²) in [6.07, 6.45) is 0. The zero-order valence-electron chi connectivity index (χ0n) is 15.1. The molecule has 7 heteroatoms. The second kappa shape index (κ2) is 8.57. The number of imidazole rings is 1. The van der Waals surface area contributed by atoms with Crippen molar-refractivity contribution in [1.82, 2.24) is 9.55 Å². The molecule has 4 nitrogen and oxygen atoms in total. The highest BCUT2D eigenvalue weighted by atomic mass is 35.5. The molecule has 0 aliphatic heterocycles. The largest absolute Gasteiger partial charge is 0.398 e. The summed E-state index contributed by atoms with van der Waals surface area (Å²) < 4.78 is 2.01. The zero-order valence-corrected chi connectivity index (χ0v) is 17.4. The van der Waals surface area contributed by atoms with Crippen LogP contribution in [0.5, 0.6) is 0 Å². The number of hydrogen-bond donors (Lipinski definition) is 2. The van der Waals surface area contributed by atoms with E-state index in [1.807, 2.05) is 41.0 Å². The van der Waals surface area contributed by atoms with Gasteiger partial charge >= 0.3 is 0 Å². The Hall–Kier alpha value is -1.66. The second-order valence-corrected chi connectivity index (χ2v) is 8.46. The van der Waals surface area contributed by atoms with Crippen molar-refractivity contribution in [3.05, 3.63) is 69.6 Å². The summed E-state index contributed by atoms with van der Waals surface area (Å²) in [7, 11) is 0. The van der Waals surface area contributed by atoms with Crippen molar-refractivity contribution in [2.45, 2.75) is 42.8 Å². The first-order valence-electron chi connectivity index (χ1n) is 8.56. The maximum atomic E-state index is 9.87. The van der Waals surface area contributed by atoms with E-state index in [0.29, 0.717) is 28.1 Å². The summed E-state index contributed by atoms with van der Waals surface area (Å²) >= 11 is 13.9. The summed E-state index contributed by atoms with van der Waals surface area (Å²) in [4.78, 5) is 5.60. The second-order valence-electron chi connectivity index (χ2n) is 6.52.